The van der Waals surface area contributed by atoms with Gasteiger partial charge in [-0.3, -0.25) is 9.67 Å². The van der Waals surface area contributed by atoms with E-state index in [1.165, 1.54) is 5.56 Å². The smallest absolute Gasteiger partial charge is 0.326 e. The highest BCUT2D eigenvalue weighted by molar-refractivity contribution is 5.78. The van der Waals surface area contributed by atoms with E-state index in [9.17, 15) is 9.90 Å². The molecule has 216 valence electrons. The highest BCUT2D eigenvalue weighted by Gasteiger charge is 2.20. The van der Waals surface area contributed by atoms with Crippen LogP contribution in [-0.2, 0) is 24.2 Å². The minimum absolute atomic E-state index is 0.443. The number of aromatic nitrogens is 5. The average Bonchev–Trinajstić information content (AvgIpc) is 3.31. The van der Waals surface area contributed by atoms with E-state index in [4.69, 9.17) is 4.98 Å². The van der Waals surface area contributed by atoms with Crippen LogP contribution in [0, 0.1) is 13.8 Å². The summed E-state index contributed by atoms with van der Waals surface area (Å²) >= 11 is 0. The van der Waals surface area contributed by atoms with Crippen LogP contribution in [0.1, 0.15) is 48.3 Å². The molecule has 0 bridgehead atoms. The number of unbranched alkanes of at least 4 members (excludes halogenated alkanes) is 1. The molecule has 0 saturated heterocycles. The first-order valence-electron chi connectivity index (χ1n) is 14.6. The van der Waals surface area contributed by atoms with Gasteiger partial charge in [0, 0.05) is 31.0 Å². The Kier molecular flexibility index (Phi) is 9.40. The normalized spacial score (nSPS) is 13.6. The number of aliphatic carboxylic acids is 1. The van der Waals surface area contributed by atoms with Gasteiger partial charge in [-0.05, 0) is 88.7 Å². The van der Waals surface area contributed by atoms with Crippen LogP contribution in [0.4, 0.5) is 11.6 Å². The average molecular weight is 557 g/mol. The van der Waals surface area contributed by atoms with Crippen LogP contribution in [0.5, 0.6) is 0 Å². The number of carboxylic acid groups (broad SMARTS) is 1. The summed E-state index contributed by atoms with van der Waals surface area (Å²) in [6.45, 7) is 8.15. The molecule has 0 radical (unpaired) electrons. The molecule has 0 fully saturated rings. The van der Waals surface area contributed by atoms with Gasteiger partial charge in [-0.2, -0.15) is 5.10 Å². The Hall–Kier alpha value is -4.05. The van der Waals surface area contributed by atoms with Gasteiger partial charge in [0.25, 0.3) is 0 Å². The van der Waals surface area contributed by atoms with Gasteiger partial charge in [0.15, 0.2) is 0 Å². The zero-order valence-electron chi connectivity index (χ0n) is 24.0. The third kappa shape index (κ3) is 7.79. The fourth-order valence-corrected chi connectivity index (χ4v) is 5.40. The lowest BCUT2D eigenvalue weighted by molar-refractivity contribution is -0.138. The first kappa shape index (κ1) is 28.5. The monoisotopic (exact) mass is 556 g/mol. The summed E-state index contributed by atoms with van der Waals surface area (Å²) in [6, 6.07) is 13.3. The Labute approximate surface area is 241 Å². The molecule has 0 unspecified atom stereocenters. The third-order valence-corrected chi connectivity index (χ3v) is 7.64. The molecule has 1 aliphatic heterocycles. The lowest BCUT2D eigenvalue weighted by atomic mass is 10.1. The lowest BCUT2D eigenvalue weighted by Crippen LogP contribution is -2.37. The van der Waals surface area contributed by atoms with Crippen molar-refractivity contribution < 1.29 is 9.90 Å². The highest BCUT2D eigenvalue weighted by atomic mass is 16.4. The van der Waals surface area contributed by atoms with Crippen LogP contribution in [0.15, 0.2) is 48.7 Å². The summed E-state index contributed by atoms with van der Waals surface area (Å²) in [5, 5.41) is 21.1. The van der Waals surface area contributed by atoms with E-state index in [-0.39, 0.29) is 0 Å². The quantitative estimate of drug-likeness (QED) is 0.193. The number of para-hydroxylation sites is 2. The van der Waals surface area contributed by atoms with Crippen molar-refractivity contribution in [3.8, 4) is 0 Å². The van der Waals surface area contributed by atoms with Crippen LogP contribution in [0.2, 0.25) is 0 Å². The third-order valence-electron chi connectivity index (χ3n) is 7.64. The van der Waals surface area contributed by atoms with Crippen molar-refractivity contribution in [2.75, 3.05) is 36.8 Å². The molecule has 41 heavy (non-hydrogen) atoms. The second-order valence-electron chi connectivity index (χ2n) is 10.9. The van der Waals surface area contributed by atoms with Crippen molar-refractivity contribution in [2.24, 2.45) is 0 Å². The van der Waals surface area contributed by atoms with Crippen molar-refractivity contribution in [1.29, 1.82) is 0 Å². The standard InChI is InChI=1S/C31H40N8O2/c1-22-20-23(2)39(37-22)19-18-38(16-6-5-9-25-13-12-24-8-7-15-32-30(24)34-25)17-14-28(31(40)41)36-29-21-33-26-10-3-4-11-27(26)35-29/h3-4,10-13,20-21,28H,5-9,14-19H2,1-2H3,(H,32,34)(H,35,36)(H,40,41)/t28-/m0/s1. The van der Waals surface area contributed by atoms with E-state index in [2.05, 4.69) is 55.7 Å². The van der Waals surface area contributed by atoms with E-state index >= 15 is 0 Å². The first-order valence-corrected chi connectivity index (χ1v) is 14.6. The van der Waals surface area contributed by atoms with Crippen LogP contribution in [0.25, 0.3) is 11.0 Å². The van der Waals surface area contributed by atoms with E-state index in [1.54, 1.807) is 6.20 Å². The Morgan fingerprint density at radius 1 is 1.10 bits per heavy atom. The number of rotatable bonds is 14. The van der Waals surface area contributed by atoms with Gasteiger partial charge in [-0.1, -0.05) is 18.2 Å². The molecule has 3 N–H and O–H groups in total. The Morgan fingerprint density at radius 2 is 1.95 bits per heavy atom. The zero-order chi connectivity index (χ0) is 28.6. The van der Waals surface area contributed by atoms with Crippen LogP contribution >= 0.6 is 0 Å². The Bertz CT molecular complexity index is 1470. The molecule has 10 nitrogen and oxygen atoms in total. The molecule has 0 aliphatic carbocycles. The van der Waals surface area contributed by atoms with Gasteiger partial charge in [0.1, 0.15) is 17.7 Å². The fraction of sp³-hybridized carbons (Fsp3) is 0.452. The molecule has 0 saturated carbocycles. The number of hydrogen-bond acceptors (Lipinski definition) is 8. The number of pyridine rings is 1. The molecule has 1 atom stereocenters. The van der Waals surface area contributed by atoms with Crippen molar-refractivity contribution in [2.45, 2.75) is 65.0 Å². The lowest BCUT2D eigenvalue weighted by Gasteiger charge is -2.25. The molecule has 1 aromatic carbocycles. The number of nitrogens with one attached hydrogen (secondary N) is 2. The summed E-state index contributed by atoms with van der Waals surface area (Å²) in [4.78, 5) is 28.3. The maximum Gasteiger partial charge on any atom is 0.326 e. The predicted molar refractivity (Wildman–Crippen MR) is 161 cm³/mol. The summed E-state index contributed by atoms with van der Waals surface area (Å²) < 4.78 is 2.03. The van der Waals surface area contributed by atoms with Crippen molar-refractivity contribution in [3.63, 3.8) is 0 Å². The summed E-state index contributed by atoms with van der Waals surface area (Å²) in [7, 11) is 0. The van der Waals surface area contributed by atoms with E-state index in [0.717, 1.165) is 92.2 Å². The SMILES string of the molecule is Cc1cc(C)n(CCN(CCCCc2ccc3c(n2)NCCC3)CC[C@H](Nc2cnc3ccccc3n2)C(=O)O)n1. The van der Waals surface area contributed by atoms with E-state index in [0.29, 0.717) is 18.8 Å². The molecule has 0 spiro atoms. The molecule has 3 aromatic heterocycles. The summed E-state index contributed by atoms with van der Waals surface area (Å²) in [6.07, 6.45) is 7.26. The van der Waals surface area contributed by atoms with Crippen molar-refractivity contribution >= 4 is 28.6 Å². The van der Waals surface area contributed by atoms with Gasteiger partial charge in [-0.25, -0.2) is 14.8 Å². The number of carbonyl (C=O) groups is 1. The van der Waals surface area contributed by atoms with Gasteiger partial charge < -0.3 is 20.6 Å². The number of anilines is 2. The molecule has 4 heterocycles. The highest BCUT2D eigenvalue weighted by Crippen LogP contribution is 2.20. The van der Waals surface area contributed by atoms with E-state index < -0.39 is 12.0 Å². The number of fused-ring (bicyclic) bond motifs is 2. The van der Waals surface area contributed by atoms with Gasteiger partial charge in [0.05, 0.1) is 29.5 Å². The van der Waals surface area contributed by atoms with Crippen LogP contribution in [-0.4, -0.2) is 72.9 Å². The van der Waals surface area contributed by atoms with Gasteiger partial charge >= 0.3 is 5.97 Å². The molecule has 10 heteroatoms. The largest absolute Gasteiger partial charge is 0.480 e. The van der Waals surface area contributed by atoms with Crippen LogP contribution in [0.3, 0.4) is 0 Å². The second kappa shape index (κ2) is 13.5. The first-order chi connectivity index (χ1) is 19.9. The van der Waals surface area contributed by atoms with Gasteiger partial charge in [0.2, 0.25) is 0 Å². The molecule has 5 rings (SSSR count). The van der Waals surface area contributed by atoms with Crippen molar-refractivity contribution in [1.82, 2.24) is 29.6 Å². The Morgan fingerprint density at radius 3 is 2.76 bits per heavy atom. The van der Waals surface area contributed by atoms with Gasteiger partial charge in [-0.15, -0.1) is 0 Å². The molecule has 4 aromatic rings. The number of aryl methyl sites for hydroxylation is 4. The van der Waals surface area contributed by atoms with Crippen LogP contribution < -0.4 is 10.6 Å². The van der Waals surface area contributed by atoms with E-state index in [1.807, 2.05) is 35.9 Å². The minimum Gasteiger partial charge on any atom is -0.480 e. The number of benzene rings is 1. The predicted octanol–water partition coefficient (Wildman–Crippen LogP) is 4.48. The maximum absolute atomic E-state index is 12.2. The minimum atomic E-state index is -0.898. The summed E-state index contributed by atoms with van der Waals surface area (Å²) in [5.41, 5.74) is 6.09. The number of nitrogens with zero attached hydrogens (tertiary/aromatic N) is 6. The van der Waals surface area contributed by atoms with Crippen molar-refractivity contribution in [3.05, 3.63) is 71.3 Å². The molecular weight excluding hydrogens is 516 g/mol. The second-order valence-corrected chi connectivity index (χ2v) is 10.9. The zero-order valence-corrected chi connectivity index (χ0v) is 24.0. The maximum atomic E-state index is 12.2. The number of carboxylic acids is 1. The fourth-order valence-electron chi connectivity index (χ4n) is 5.40. The molecular formula is C31H40N8O2. The summed E-state index contributed by atoms with van der Waals surface area (Å²) in [5.74, 6) is 0.617. The Balaban J connectivity index is 1.18. The number of hydrogen-bond donors (Lipinski definition) is 3. The topological polar surface area (TPSA) is 121 Å². The molecule has 0 amide bonds. The molecule has 1 aliphatic rings.